The van der Waals surface area contributed by atoms with Crippen LogP contribution in [0.1, 0.15) is 6.92 Å². The molecule has 0 radical (unpaired) electrons. The minimum absolute atomic E-state index is 0.128. The lowest BCUT2D eigenvalue weighted by Crippen LogP contribution is -2.00. The van der Waals surface area contributed by atoms with Gasteiger partial charge in [0.2, 0.25) is 0 Å². The summed E-state index contributed by atoms with van der Waals surface area (Å²) < 4.78 is 0. The zero-order chi connectivity index (χ0) is 8.27. The van der Waals surface area contributed by atoms with E-state index in [-0.39, 0.29) is 5.75 Å². The van der Waals surface area contributed by atoms with E-state index in [0.717, 1.165) is 12.2 Å². The van der Waals surface area contributed by atoms with Crippen LogP contribution in [0.4, 0.5) is 11.4 Å². The van der Waals surface area contributed by atoms with Crippen molar-refractivity contribution >= 4 is 11.4 Å². The molecule has 0 heterocycles. The summed E-state index contributed by atoms with van der Waals surface area (Å²) in [6, 6.07) is 5.15. The normalized spacial score (nSPS) is 9.55. The van der Waals surface area contributed by atoms with Gasteiger partial charge in [-0.2, -0.15) is 0 Å². The minimum atomic E-state index is 0.128. The fourth-order valence-corrected chi connectivity index (χ4v) is 0.898. The second kappa shape index (κ2) is 3.14. The Labute approximate surface area is 65.8 Å². The van der Waals surface area contributed by atoms with Crippen LogP contribution in [0.5, 0.6) is 5.75 Å². The Kier molecular flexibility index (Phi) is 2.21. The first kappa shape index (κ1) is 7.72. The highest BCUT2D eigenvalue weighted by Crippen LogP contribution is 2.27. The van der Waals surface area contributed by atoms with Gasteiger partial charge in [-0.05, 0) is 19.1 Å². The number of rotatable bonds is 2. The summed E-state index contributed by atoms with van der Waals surface area (Å²) >= 11 is 0. The third-order valence-corrected chi connectivity index (χ3v) is 1.45. The molecule has 1 rings (SSSR count). The number of nitrogens with two attached hydrogens (primary N) is 1. The van der Waals surface area contributed by atoms with Gasteiger partial charge in [0.25, 0.3) is 0 Å². The molecule has 0 aliphatic rings. The maximum atomic E-state index is 9.16. The molecule has 0 bridgehead atoms. The summed E-state index contributed by atoms with van der Waals surface area (Å²) in [5.41, 5.74) is 6.75. The monoisotopic (exact) mass is 152 g/mol. The van der Waals surface area contributed by atoms with Crippen LogP contribution in [-0.2, 0) is 0 Å². The number of hydrogen-bond acceptors (Lipinski definition) is 3. The van der Waals surface area contributed by atoms with Crippen LogP contribution in [0.2, 0.25) is 0 Å². The highest BCUT2D eigenvalue weighted by atomic mass is 16.3. The van der Waals surface area contributed by atoms with E-state index in [1.54, 1.807) is 12.1 Å². The highest BCUT2D eigenvalue weighted by molar-refractivity contribution is 5.72. The minimum Gasteiger partial charge on any atom is -0.506 e. The van der Waals surface area contributed by atoms with E-state index in [9.17, 15) is 0 Å². The van der Waals surface area contributed by atoms with E-state index < -0.39 is 0 Å². The molecule has 0 aromatic heterocycles. The van der Waals surface area contributed by atoms with Crippen molar-refractivity contribution in [3.63, 3.8) is 0 Å². The van der Waals surface area contributed by atoms with Gasteiger partial charge in [-0.15, -0.1) is 0 Å². The number of aromatic hydroxyl groups is 1. The first-order chi connectivity index (χ1) is 5.25. The molecular weight excluding hydrogens is 140 g/mol. The second-order valence-electron chi connectivity index (χ2n) is 2.27. The number of nitrogen functional groups attached to an aromatic ring is 1. The number of hydrogen-bond donors (Lipinski definition) is 3. The summed E-state index contributed by atoms with van der Waals surface area (Å²) in [4.78, 5) is 0. The van der Waals surface area contributed by atoms with Gasteiger partial charge in [-0.1, -0.05) is 6.07 Å². The van der Waals surface area contributed by atoms with Gasteiger partial charge >= 0.3 is 0 Å². The van der Waals surface area contributed by atoms with E-state index in [0.29, 0.717) is 5.69 Å². The number of phenolic OH excluding ortho intramolecular Hbond substituents is 1. The van der Waals surface area contributed by atoms with Gasteiger partial charge in [0, 0.05) is 6.54 Å². The molecule has 4 N–H and O–H groups in total. The van der Waals surface area contributed by atoms with Crippen LogP contribution < -0.4 is 11.1 Å². The van der Waals surface area contributed by atoms with Crippen LogP contribution in [0.3, 0.4) is 0 Å². The smallest absolute Gasteiger partial charge is 0.140 e. The van der Waals surface area contributed by atoms with Crippen LogP contribution in [-0.4, -0.2) is 11.7 Å². The number of nitrogens with one attached hydrogen (secondary N) is 1. The first-order valence-electron chi connectivity index (χ1n) is 3.57. The summed E-state index contributed by atoms with van der Waals surface area (Å²) in [6.45, 7) is 2.77. The molecule has 3 nitrogen and oxygen atoms in total. The van der Waals surface area contributed by atoms with Crippen molar-refractivity contribution in [2.75, 3.05) is 17.6 Å². The zero-order valence-electron chi connectivity index (χ0n) is 6.46. The molecule has 0 aliphatic heterocycles. The Morgan fingerprint density at radius 2 is 2.27 bits per heavy atom. The summed E-state index contributed by atoms with van der Waals surface area (Å²) in [5, 5.41) is 12.2. The fourth-order valence-electron chi connectivity index (χ4n) is 0.898. The molecule has 1 aromatic rings. The first-order valence-corrected chi connectivity index (χ1v) is 3.57. The number of benzene rings is 1. The molecule has 0 amide bonds. The molecule has 0 saturated heterocycles. The average Bonchev–Trinajstić information content (AvgIpc) is 1.99. The SMILES string of the molecule is CCNc1cccc(O)c1N. The van der Waals surface area contributed by atoms with Gasteiger partial charge < -0.3 is 16.2 Å². The largest absolute Gasteiger partial charge is 0.506 e. The molecule has 0 aliphatic carbocycles. The highest BCUT2D eigenvalue weighted by Gasteiger charge is 2.00. The van der Waals surface area contributed by atoms with Crippen LogP contribution in [0, 0.1) is 0 Å². The summed E-state index contributed by atoms with van der Waals surface area (Å²) in [5.74, 6) is 0.128. The molecule has 0 saturated carbocycles. The summed E-state index contributed by atoms with van der Waals surface area (Å²) in [6.07, 6.45) is 0. The predicted octanol–water partition coefficient (Wildman–Crippen LogP) is 1.41. The van der Waals surface area contributed by atoms with E-state index in [2.05, 4.69) is 5.32 Å². The molecular formula is C8H12N2O. The zero-order valence-corrected chi connectivity index (χ0v) is 6.46. The van der Waals surface area contributed by atoms with Crippen molar-refractivity contribution in [3.8, 4) is 5.75 Å². The molecule has 11 heavy (non-hydrogen) atoms. The van der Waals surface area contributed by atoms with E-state index in [1.165, 1.54) is 0 Å². The van der Waals surface area contributed by atoms with Crippen molar-refractivity contribution < 1.29 is 5.11 Å². The second-order valence-corrected chi connectivity index (χ2v) is 2.27. The Hall–Kier alpha value is -1.38. The van der Waals surface area contributed by atoms with E-state index in [4.69, 9.17) is 10.8 Å². The van der Waals surface area contributed by atoms with Gasteiger partial charge in [-0.25, -0.2) is 0 Å². The Balaban J connectivity index is 2.96. The van der Waals surface area contributed by atoms with E-state index in [1.807, 2.05) is 13.0 Å². The van der Waals surface area contributed by atoms with Crippen molar-refractivity contribution in [1.82, 2.24) is 0 Å². The topological polar surface area (TPSA) is 58.3 Å². The lowest BCUT2D eigenvalue weighted by atomic mass is 10.2. The molecule has 1 aromatic carbocycles. The van der Waals surface area contributed by atoms with Crippen molar-refractivity contribution in [2.24, 2.45) is 0 Å². The maximum Gasteiger partial charge on any atom is 0.140 e. The standard InChI is InChI=1S/C8H12N2O/c1-2-10-6-4-3-5-7(11)8(6)9/h3-5,10-11H,2,9H2,1H3. The van der Waals surface area contributed by atoms with Crippen LogP contribution >= 0.6 is 0 Å². The number of phenols is 1. The Morgan fingerprint density at radius 3 is 2.91 bits per heavy atom. The van der Waals surface area contributed by atoms with E-state index >= 15 is 0 Å². The van der Waals surface area contributed by atoms with Gasteiger partial charge in [0.05, 0.1) is 11.4 Å². The third-order valence-electron chi connectivity index (χ3n) is 1.45. The molecule has 0 atom stereocenters. The van der Waals surface area contributed by atoms with Crippen LogP contribution in [0.15, 0.2) is 18.2 Å². The van der Waals surface area contributed by atoms with Gasteiger partial charge in [0.1, 0.15) is 5.75 Å². The third kappa shape index (κ3) is 1.55. The van der Waals surface area contributed by atoms with Crippen molar-refractivity contribution in [1.29, 1.82) is 0 Å². The Bertz CT molecular complexity index is 248. The molecule has 0 spiro atoms. The average molecular weight is 152 g/mol. The quantitative estimate of drug-likeness (QED) is 0.443. The van der Waals surface area contributed by atoms with Gasteiger partial charge in [-0.3, -0.25) is 0 Å². The summed E-state index contributed by atoms with van der Waals surface area (Å²) in [7, 11) is 0. The molecule has 60 valence electrons. The maximum absolute atomic E-state index is 9.16. The number of anilines is 2. The number of para-hydroxylation sites is 1. The van der Waals surface area contributed by atoms with Crippen LogP contribution in [0.25, 0.3) is 0 Å². The fraction of sp³-hybridized carbons (Fsp3) is 0.250. The Morgan fingerprint density at radius 1 is 1.55 bits per heavy atom. The molecule has 0 unspecified atom stereocenters. The lowest BCUT2D eigenvalue weighted by molar-refractivity contribution is 0.478. The van der Waals surface area contributed by atoms with Gasteiger partial charge in [0.15, 0.2) is 0 Å². The van der Waals surface area contributed by atoms with Crippen molar-refractivity contribution in [2.45, 2.75) is 6.92 Å². The van der Waals surface area contributed by atoms with Crippen molar-refractivity contribution in [3.05, 3.63) is 18.2 Å². The molecule has 0 fully saturated rings. The lowest BCUT2D eigenvalue weighted by Gasteiger charge is -2.07. The molecule has 3 heteroatoms. The predicted molar refractivity (Wildman–Crippen MR) is 46.7 cm³/mol.